The molecule has 6 nitrogen and oxygen atoms in total. The van der Waals surface area contributed by atoms with E-state index in [-0.39, 0.29) is 17.2 Å². The largest absolute Gasteiger partial charge is 0.381 e. The summed E-state index contributed by atoms with van der Waals surface area (Å²) in [6.45, 7) is 6.82. The summed E-state index contributed by atoms with van der Waals surface area (Å²) in [5.41, 5.74) is 1.85. The normalized spacial score (nSPS) is 28.5. The number of carbonyl (C=O) groups is 1. The number of methoxy groups -OCH3 is 1. The SMILES string of the molecule is CO[C@@H]1CCC[C@@]12CCCN(c1nc(C(C)C)nc3c1CCNC3=O)C2. The molecule has 1 N–H and O–H groups in total. The molecule has 4 rings (SSSR count). The van der Waals surface area contributed by atoms with Gasteiger partial charge in [-0.25, -0.2) is 9.97 Å². The van der Waals surface area contributed by atoms with E-state index in [2.05, 4.69) is 29.0 Å². The van der Waals surface area contributed by atoms with Crippen LogP contribution in [0.3, 0.4) is 0 Å². The molecule has 2 atom stereocenters. The lowest BCUT2D eigenvalue weighted by Crippen LogP contribution is -2.49. The highest BCUT2D eigenvalue weighted by Gasteiger charge is 2.46. The van der Waals surface area contributed by atoms with Gasteiger partial charge in [0.25, 0.3) is 5.91 Å². The molecular weight excluding hydrogens is 328 g/mol. The minimum Gasteiger partial charge on any atom is -0.381 e. The van der Waals surface area contributed by atoms with Gasteiger partial charge in [-0.15, -0.1) is 0 Å². The van der Waals surface area contributed by atoms with Crippen LogP contribution in [0.5, 0.6) is 0 Å². The molecule has 1 amide bonds. The van der Waals surface area contributed by atoms with Gasteiger partial charge < -0.3 is 15.0 Å². The summed E-state index contributed by atoms with van der Waals surface area (Å²) in [6, 6.07) is 0. The number of rotatable bonds is 3. The molecule has 1 aromatic heterocycles. The summed E-state index contributed by atoms with van der Waals surface area (Å²) >= 11 is 0. The second kappa shape index (κ2) is 6.80. The molecule has 0 aromatic carbocycles. The number of ether oxygens (including phenoxy) is 1. The summed E-state index contributed by atoms with van der Waals surface area (Å²) in [5, 5.41) is 2.93. The van der Waals surface area contributed by atoms with Crippen molar-refractivity contribution >= 4 is 11.7 Å². The van der Waals surface area contributed by atoms with Gasteiger partial charge in [0.2, 0.25) is 0 Å². The number of piperidine rings is 1. The third kappa shape index (κ3) is 2.88. The Morgan fingerprint density at radius 1 is 1.27 bits per heavy atom. The summed E-state index contributed by atoms with van der Waals surface area (Å²) in [5.74, 6) is 1.91. The average molecular weight is 358 g/mol. The minimum absolute atomic E-state index is 0.0563. The van der Waals surface area contributed by atoms with Gasteiger partial charge in [0.1, 0.15) is 17.3 Å². The van der Waals surface area contributed by atoms with E-state index >= 15 is 0 Å². The number of amides is 1. The molecule has 0 bridgehead atoms. The fourth-order valence-corrected chi connectivity index (χ4v) is 5.09. The second-order valence-electron chi connectivity index (χ2n) is 8.40. The zero-order valence-corrected chi connectivity index (χ0v) is 16.2. The molecular formula is C20H30N4O2. The Kier molecular flexibility index (Phi) is 4.63. The van der Waals surface area contributed by atoms with Crippen molar-refractivity contribution in [2.75, 3.05) is 31.6 Å². The number of anilines is 1. The summed E-state index contributed by atoms with van der Waals surface area (Å²) in [7, 11) is 1.85. The molecule has 1 aromatic rings. The van der Waals surface area contributed by atoms with Crippen LogP contribution in [-0.2, 0) is 11.2 Å². The van der Waals surface area contributed by atoms with Gasteiger partial charge >= 0.3 is 0 Å². The maximum absolute atomic E-state index is 12.4. The van der Waals surface area contributed by atoms with Gasteiger partial charge in [0, 0.05) is 43.6 Å². The van der Waals surface area contributed by atoms with E-state index in [0.717, 1.165) is 49.6 Å². The molecule has 3 aliphatic rings. The third-order valence-electron chi connectivity index (χ3n) is 6.41. The molecule has 26 heavy (non-hydrogen) atoms. The van der Waals surface area contributed by atoms with Crippen molar-refractivity contribution in [2.45, 2.75) is 64.4 Å². The number of nitrogens with one attached hydrogen (secondary N) is 1. The van der Waals surface area contributed by atoms with Crippen LogP contribution in [0.1, 0.15) is 73.7 Å². The number of hydrogen-bond donors (Lipinski definition) is 1. The summed E-state index contributed by atoms with van der Waals surface area (Å²) < 4.78 is 5.86. The maximum Gasteiger partial charge on any atom is 0.270 e. The molecule has 0 radical (unpaired) electrons. The topological polar surface area (TPSA) is 67.3 Å². The number of hydrogen-bond acceptors (Lipinski definition) is 5. The predicted molar refractivity (Wildman–Crippen MR) is 101 cm³/mol. The van der Waals surface area contributed by atoms with Crippen LogP contribution >= 0.6 is 0 Å². The van der Waals surface area contributed by atoms with Crippen LogP contribution in [0.4, 0.5) is 5.82 Å². The smallest absolute Gasteiger partial charge is 0.270 e. The molecule has 1 saturated heterocycles. The number of aromatic nitrogens is 2. The van der Waals surface area contributed by atoms with Crippen molar-refractivity contribution in [1.82, 2.24) is 15.3 Å². The fourth-order valence-electron chi connectivity index (χ4n) is 5.09. The first-order chi connectivity index (χ1) is 12.5. The van der Waals surface area contributed by atoms with Crippen LogP contribution < -0.4 is 10.2 Å². The van der Waals surface area contributed by atoms with Crippen molar-refractivity contribution in [3.8, 4) is 0 Å². The lowest BCUT2D eigenvalue weighted by molar-refractivity contribution is 0.00212. The van der Waals surface area contributed by atoms with E-state index in [0.29, 0.717) is 18.3 Å². The Balaban J connectivity index is 1.73. The van der Waals surface area contributed by atoms with Crippen LogP contribution in [-0.4, -0.2) is 48.7 Å². The molecule has 1 saturated carbocycles. The van der Waals surface area contributed by atoms with E-state index in [4.69, 9.17) is 9.72 Å². The van der Waals surface area contributed by atoms with Crippen LogP contribution in [0.25, 0.3) is 0 Å². The van der Waals surface area contributed by atoms with Crippen molar-refractivity contribution in [1.29, 1.82) is 0 Å². The van der Waals surface area contributed by atoms with E-state index in [1.807, 2.05) is 7.11 Å². The zero-order chi connectivity index (χ0) is 18.3. The summed E-state index contributed by atoms with van der Waals surface area (Å²) in [4.78, 5) is 24.4. The van der Waals surface area contributed by atoms with Gasteiger partial charge in [0.05, 0.1) is 6.10 Å². The molecule has 0 unspecified atom stereocenters. The summed E-state index contributed by atoms with van der Waals surface area (Å²) in [6.07, 6.45) is 7.17. The highest BCUT2D eigenvalue weighted by molar-refractivity contribution is 5.96. The third-order valence-corrected chi connectivity index (χ3v) is 6.41. The highest BCUT2D eigenvalue weighted by atomic mass is 16.5. The molecule has 1 spiro atoms. The Labute approximate surface area is 155 Å². The number of fused-ring (bicyclic) bond motifs is 1. The predicted octanol–water partition coefficient (Wildman–Crippen LogP) is 2.67. The van der Waals surface area contributed by atoms with Crippen LogP contribution in [0.2, 0.25) is 0 Å². The Hall–Kier alpha value is -1.69. The van der Waals surface area contributed by atoms with Crippen molar-refractivity contribution < 1.29 is 9.53 Å². The first-order valence-corrected chi connectivity index (χ1v) is 10.0. The van der Waals surface area contributed by atoms with Gasteiger partial charge in [-0.2, -0.15) is 0 Å². The fraction of sp³-hybridized carbons (Fsp3) is 0.750. The van der Waals surface area contributed by atoms with Crippen LogP contribution in [0.15, 0.2) is 0 Å². The van der Waals surface area contributed by atoms with E-state index in [1.165, 1.54) is 19.3 Å². The first kappa shape index (κ1) is 17.7. The monoisotopic (exact) mass is 358 g/mol. The molecule has 6 heteroatoms. The van der Waals surface area contributed by atoms with E-state index < -0.39 is 0 Å². The Morgan fingerprint density at radius 3 is 2.85 bits per heavy atom. The average Bonchev–Trinajstić information content (AvgIpc) is 3.02. The maximum atomic E-state index is 12.4. The van der Waals surface area contributed by atoms with E-state index in [1.54, 1.807) is 0 Å². The van der Waals surface area contributed by atoms with Crippen molar-refractivity contribution in [3.63, 3.8) is 0 Å². The van der Waals surface area contributed by atoms with E-state index in [9.17, 15) is 4.79 Å². The van der Waals surface area contributed by atoms with Gasteiger partial charge in [0.15, 0.2) is 0 Å². The van der Waals surface area contributed by atoms with Crippen molar-refractivity contribution in [3.05, 3.63) is 17.1 Å². The number of carbonyl (C=O) groups excluding carboxylic acids is 1. The molecule has 1 aliphatic carbocycles. The standard InChI is InChI=1S/C20H30N4O2/c1-13(2)17-22-16-14(7-10-21-19(16)25)18(23-17)24-11-5-9-20(12-24)8-4-6-15(20)26-3/h13,15H,4-12H2,1-3H3,(H,21,25)/t15-,20+/m1/s1. The van der Waals surface area contributed by atoms with Crippen molar-refractivity contribution in [2.24, 2.45) is 5.41 Å². The highest BCUT2D eigenvalue weighted by Crippen LogP contribution is 2.47. The zero-order valence-electron chi connectivity index (χ0n) is 16.2. The van der Waals surface area contributed by atoms with Crippen LogP contribution in [0, 0.1) is 5.41 Å². The molecule has 2 aliphatic heterocycles. The lowest BCUT2D eigenvalue weighted by atomic mass is 9.76. The minimum atomic E-state index is -0.0563. The quantitative estimate of drug-likeness (QED) is 0.900. The molecule has 2 fully saturated rings. The Bertz CT molecular complexity index is 705. The first-order valence-electron chi connectivity index (χ1n) is 10.0. The van der Waals surface area contributed by atoms with Gasteiger partial charge in [-0.3, -0.25) is 4.79 Å². The number of nitrogens with zero attached hydrogens (tertiary/aromatic N) is 3. The Morgan fingerprint density at radius 2 is 2.08 bits per heavy atom. The van der Waals surface area contributed by atoms with Gasteiger partial charge in [-0.1, -0.05) is 20.3 Å². The molecule has 3 heterocycles. The second-order valence-corrected chi connectivity index (χ2v) is 8.40. The molecule has 142 valence electrons. The van der Waals surface area contributed by atoms with Gasteiger partial charge in [-0.05, 0) is 32.1 Å². The lowest BCUT2D eigenvalue weighted by Gasteiger charge is -2.45.